The molecule has 2 aromatic rings. The summed E-state index contributed by atoms with van der Waals surface area (Å²) in [6, 6.07) is 2.78. The molecule has 0 radical (unpaired) electrons. The normalized spacial score (nSPS) is 11.6. The predicted octanol–water partition coefficient (Wildman–Crippen LogP) is 1.75. The molecule has 0 fully saturated rings. The van der Waals surface area contributed by atoms with E-state index >= 15 is 0 Å². The van der Waals surface area contributed by atoms with E-state index in [1.165, 1.54) is 20.3 Å². The second kappa shape index (κ2) is 10.6. The molecule has 0 unspecified atom stereocenters. The summed E-state index contributed by atoms with van der Waals surface area (Å²) in [4.78, 5) is 31.1. The first-order chi connectivity index (χ1) is 15.9. The fraction of sp³-hybridized carbons (Fsp3) is 0.235. The molecule has 0 bridgehead atoms. The molecule has 34 heavy (non-hydrogen) atoms. The highest BCUT2D eigenvalue weighted by Gasteiger charge is 2.27. The van der Waals surface area contributed by atoms with E-state index in [2.05, 4.69) is 25.1 Å². The fourth-order valence-electron chi connectivity index (χ4n) is 2.25. The van der Waals surface area contributed by atoms with E-state index in [0.29, 0.717) is 0 Å². The first kappa shape index (κ1) is 26.1. The number of rotatable bonds is 8. The van der Waals surface area contributed by atoms with Crippen molar-refractivity contribution in [2.75, 3.05) is 32.1 Å². The molecule has 0 saturated heterocycles. The first-order valence-electron chi connectivity index (χ1n) is 8.78. The standard InChI is InChI=1S/C17H17F3N6O7S/c1-31-12-7-13(32-2)23-15(22-12)24-16(28)26-34(29,30)11-6-9(25-21-8-17(18,19)20)4-5-10(11)14(27)33-3/h4-8,25H,1-3H3,(H2,22,23,24,26,28). The average Bonchev–Trinajstić information content (AvgIpc) is 2.76. The highest BCUT2D eigenvalue weighted by molar-refractivity contribution is 7.90. The van der Waals surface area contributed by atoms with Gasteiger partial charge in [-0.05, 0) is 18.2 Å². The SMILES string of the molecule is COC(=O)c1ccc(NN=CC(F)(F)F)cc1S(=O)(=O)NC(=O)Nc1nc(OC)cc(OC)n1. The number of benzene rings is 1. The molecule has 184 valence electrons. The van der Waals surface area contributed by atoms with Crippen molar-refractivity contribution >= 4 is 39.9 Å². The second-order valence-corrected chi connectivity index (χ2v) is 7.60. The van der Waals surface area contributed by atoms with Gasteiger partial charge in [-0.2, -0.15) is 28.2 Å². The van der Waals surface area contributed by atoms with E-state index < -0.39 is 38.7 Å². The highest BCUT2D eigenvalue weighted by Crippen LogP contribution is 2.23. The summed E-state index contributed by atoms with van der Waals surface area (Å²) in [6.07, 6.45) is -5.10. The van der Waals surface area contributed by atoms with Crippen LogP contribution in [-0.4, -0.2) is 64.1 Å². The Morgan fingerprint density at radius 1 is 1.06 bits per heavy atom. The third kappa shape index (κ3) is 7.19. The van der Waals surface area contributed by atoms with Crippen LogP contribution in [0, 0.1) is 0 Å². The number of urea groups is 1. The molecule has 0 atom stereocenters. The number of hydrogen-bond acceptors (Lipinski definition) is 11. The summed E-state index contributed by atoms with van der Waals surface area (Å²) in [6.45, 7) is 0. The minimum Gasteiger partial charge on any atom is -0.481 e. The van der Waals surface area contributed by atoms with Crippen molar-refractivity contribution in [3.8, 4) is 11.8 Å². The molecule has 1 aromatic heterocycles. The molecule has 0 aliphatic carbocycles. The van der Waals surface area contributed by atoms with Gasteiger partial charge in [0.2, 0.25) is 17.7 Å². The largest absolute Gasteiger partial charge is 0.481 e. The van der Waals surface area contributed by atoms with Crippen molar-refractivity contribution in [2.45, 2.75) is 11.1 Å². The molecule has 2 amide bonds. The van der Waals surface area contributed by atoms with Crippen molar-refractivity contribution in [1.82, 2.24) is 14.7 Å². The maximum absolute atomic E-state index is 12.8. The van der Waals surface area contributed by atoms with E-state index in [4.69, 9.17) is 9.47 Å². The van der Waals surface area contributed by atoms with E-state index in [1.54, 1.807) is 4.72 Å². The average molecular weight is 506 g/mol. The number of hydrogen-bond donors (Lipinski definition) is 3. The Kier molecular flexibility index (Phi) is 8.17. The van der Waals surface area contributed by atoms with Crippen molar-refractivity contribution in [2.24, 2.45) is 5.10 Å². The number of amides is 2. The molecule has 3 N–H and O–H groups in total. The Morgan fingerprint density at radius 3 is 2.21 bits per heavy atom. The molecule has 13 nitrogen and oxygen atoms in total. The monoisotopic (exact) mass is 506 g/mol. The number of esters is 1. The third-order valence-electron chi connectivity index (χ3n) is 3.63. The third-order valence-corrected chi connectivity index (χ3v) is 5.00. The number of hydrazone groups is 1. The number of carbonyl (C=O) groups is 2. The molecule has 1 aromatic carbocycles. The van der Waals surface area contributed by atoms with Crippen LogP contribution in [0.2, 0.25) is 0 Å². The van der Waals surface area contributed by atoms with Crippen molar-refractivity contribution in [3.63, 3.8) is 0 Å². The lowest BCUT2D eigenvalue weighted by atomic mass is 10.2. The summed E-state index contributed by atoms with van der Waals surface area (Å²) in [5, 5.41) is 4.98. The van der Waals surface area contributed by atoms with Crippen LogP contribution in [0.5, 0.6) is 11.8 Å². The van der Waals surface area contributed by atoms with Crippen LogP contribution >= 0.6 is 0 Å². The number of anilines is 2. The summed E-state index contributed by atoms with van der Waals surface area (Å²) < 4.78 is 78.2. The van der Waals surface area contributed by atoms with Crippen molar-refractivity contribution < 1.29 is 45.4 Å². The van der Waals surface area contributed by atoms with Gasteiger partial charge < -0.3 is 14.2 Å². The fourth-order valence-corrected chi connectivity index (χ4v) is 3.37. The van der Waals surface area contributed by atoms with Gasteiger partial charge in [0, 0.05) is 0 Å². The molecular formula is C17H17F3N6O7S. The van der Waals surface area contributed by atoms with Gasteiger partial charge in [-0.15, -0.1) is 0 Å². The molecule has 1 heterocycles. The van der Waals surface area contributed by atoms with Gasteiger partial charge in [-0.25, -0.2) is 22.7 Å². The maximum atomic E-state index is 12.8. The van der Waals surface area contributed by atoms with Crippen LogP contribution in [0.25, 0.3) is 0 Å². The quantitative estimate of drug-likeness (QED) is 0.272. The Hall–Kier alpha value is -4.15. The Bertz CT molecular complexity index is 1180. The summed E-state index contributed by atoms with van der Waals surface area (Å²) in [5.74, 6) is -1.48. The molecule has 0 saturated carbocycles. The number of nitrogens with zero attached hydrogens (tertiary/aromatic N) is 3. The zero-order valence-electron chi connectivity index (χ0n) is 17.6. The van der Waals surface area contributed by atoms with Gasteiger partial charge in [0.15, 0.2) is 0 Å². The molecule has 0 spiro atoms. The Morgan fingerprint density at radius 2 is 1.68 bits per heavy atom. The predicted molar refractivity (Wildman–Crippen MR) is 110 cm³/mol. The molecule has 2 rings (SSSR count). The van der Waals surface area contributed by atoms with Crippen LogP contribution in [0.3, 0.4) is 0 Å². The van der Waals surface area contributed by atoms with Gasteiger partial charge >= 0.3 is 18.2 Å². The number of carbonyl (C=O) groups excluding carboxylic acids is 2. The van der Waals surface area contributed by atoms with Crippen LogP contribution < -0.4 is 24.9 Å². The van der Waals surface area contributed by atoms with Gasteiger partial charge in [0.25, 0.3) is 10.0 Å². The maximum Gasteiger partial charge on any atom is 0.428 e. The van der Waals surface area contributed by atoms with Crippen LogP contribution in [0.1, 0.15) is 10.4 Å². The van der Waals surface area contributed by atoms with Gasteiger partial charge in [0.1, 0.15) is 11.1 Å². The zero-order chi connectivity index (χ0) is 25.5. The lowest BCUT2D eigenvalue weighted by Crippen LogP contribution is -2.35. The minimum atomic E-state index is -4.77. The van der Waals surface area contributed by atoms with Crippen LogP contribution in [0.15, 0.2) is 34.3 Å². The number of sulfonamides is 1. The van der Waals surface area contributed by atoms with E-state index in [-0.39, 0.29) is 29.6 Å². The molecule has 0 aliphatic heterocycles. The van der Waals surface area contributed by atoms with Gasteiger partial charge in [-0.1, -0.05) is 0 Å². The van der Waals surface area contributed by atoms with Gasteiger partial charge in [-0.3, -0.25) is 10.7 Å². The lowest BCUT2D eigenvalue weighted by Gasteiger charge is -2.13. The minimum absolute atomic E-state index is 0.00354. The lowest BCUT2D eigenvalue weighted by molar-refractivity contribution is -0.0536. The first-order valence-corrected chi connectivity index (χ1v) is 10.3. The van der Waals surface area contributed by atoms with E-state index in [0.717, 1.165) is 25.3 Å². The number of ether oxygens (including phenoxy) is 3. The van der Waals surface area contributed by atoms with E-state index in [1.807, 2.05) is 5.43 Å². The van der Waals surface area contributed by atoms with E-state index in [9.17, 15) is 31.2 Å². The summed E-state index contributed by atoms with van der Waals surface area (Å²) in [5.41, 5.74) is 1.23. The van der Waals surface area contributed by atoms with Crippen LogP contribution in [0.4, 0.5) is 29.6 Å². The number of alkyl halides is 3. The van der Waals surface area contributed by atoms with Crippen molar-refractivity contribution in [3.05, 3.63) is 29.8 Å². The number of nitrogens with one attached hydrogen (secondary N) is 3. The second-order valence-electron chi connectivity index (χ2n) is 5.95. The Labute approximate surface area is 190 Å². The summed E-state index contributed by atoms with van der Waals surface area (Å²) >= 11 is 0. The topological polar surface area (TPSA) is 170 Å². The molecule has 0 aliphatic rings. The smallest absolute Gasteiger partial charge is 0.428 e. The Balaban J connectivity index is 2.34. The summed E-state index contributed by atoms with van der Waals surface area (Å²) in [7, 11) is -1.23. The number of halogens is 3. The highest BCUT2D eigenvalue weighted by atomic mass is 32.2. The molecular weight excluding hydrogens is 489 g/mol. The number of methoxy groups -OCH3 is 3. The van der Waals surface area contributed by atoms with Gasteiger partial charge in [0.05, 0.1) is 38.6 Å². The zero-order valence-corrected chi connectivity index (χ0v) is 18.4. The number of aromatic nitrogens is 2. The van der Waals surface area contributed by atoms with Crippen molar-refractivity contribution in [1.29, 1.82) is 0 Å². The molecule has 17 heteroatoms. The van der Waals surface area contributed by atoms with Crippen LogP contribution in [-0.2, 0) is 14.8 Å².